The smallest absolute Gasteiger partial charge is 0.271 e. The van der Waals surface area contributed by atoms with Crippen molar-refractivity contribution in [1.29, 1.82) is 0 Å². The Hall–Kier alpha value is -2.58. The molecule has 3 aromatic rings. The molecule has 2 N–H and O–H groups in total. The number of ether oxygens (including phenoxy) is 1. The van der Waals surface area contributed by atoms with Crippen molar-refractivity contribution in [2.24, 2.45) is 0 Å². The van der Waals surface area contributed by atoms with Crippen molar-refractivity contribution in [3.05, 3.63) is 46.7 Å². The molecular formula is C20H25N5O2S. The lowest BCUT2D eigenvalue weighted by molar-refractivity contribution is 0.0948. The van der Waals surface area contributed by atoms with Crippen LogP contribution in [-0.2, 0) is 4.74 Å². The summed E-state index contributed by atoms with van der Waals surface area (Å²) in [5.41, 5.74) is 2.22. The van der Waals surface area contributed by atoms with Crippen LogP contribution in [0.25, 0.3) is 10.2 Å². The summed E-state index contributed by atoms with van der Waals surface area (Å²) >= 11 is 1.53. The molecule has 0 radical (unpaired) electrons. The van der Waals surface area contributed by atoms with Gasteiger partial charge in [-0.1, -0.05) is 6.07 Å². The molecule has 148 valence electrons. The zero-order valence-corrected chi connectivity index (χ0v) is 17.2. The van der Waals surface area contributed by atoms with Crippen LogP contribution in [0.15, 0.2) is 30.6 Å². The first-order valence-electron chi connectivity index (χ1n) is 9.30. The van der Waals surface area contributed by atoms with Gasteiger partial charge in [0.2, 0.25) is 5.95 Å². The fraction of sp³-hybridized carbons (Fsp3) is 0.400. The number of nitrogens with zero attached hydrogens (tertiary/aromatic N) is 3. The Labute approximate surface area is 168 Å². The Morgan fingerprint density at radius 3 is 2.93 bits per heavy atom. The highest BCUT2D eigenvalue weighted by Gasteiger charge is 2.18. The molecule has 0 spiro atoms. The predicted molar refractivity (Wildman–Crippen MR) is 112 cm³/mol. The third kappa shape index (κ3) is 5.02. The number of carbonyl (C=O) groups is 1. The van der Waals surface area contributed by atoms with Gasteiger partial charge in [0.25, 0.3) is 5.91 Å². The van der Waals surface area contributed by atoms with Gasteiger partial charge in [0, 0.05) is 37.5 Å². The van der Waals surface area contributed by atoms with Crippen LogP contribution in [0, 0.1) is 6.92 Å². The van der Waals surface area contributed by atoms with Crippen LogP contribution in [-0.4, -0.2) is 41.1 Å². The number of thiophene rings is 1. The third-order valence-corrected chi connectivity index (χ3v) is 5.35. The fourth-order valence-corrected chi connectivity index (χ4v) is 3.77. The van der Waals surface area contributed by atoms with Gasteiger partial charge in [-0.05, 0) is 44.4 Å². The van der Waals surface area contributed by atoms with E-state index in [1.54, 1.807) is 19.5 Å². The van der Waals surface area contributed by atoms with E-state index in [4.69, 9.17) is 4.74 Å². The highest BCUT2D eigenvalue weighted by Crippen LogP contribution is 2.28. The van der Waals surface area contributed by atoms with Crippen molar-refractivity contribution in [3.63, 3.8) is 0 Å². The molecule has 0 aliphatic heterocycles. The largest absolute Gasteiger partial charge is 0.385 e. The molecule has 3 aromatic heterocycles. The number of anilines is 1. The Kier molecular flexibility index (Phi) is 6.89. The molecule has 3 rings (SSSR count). The van der Waals surface area contributed by atoms with Gasteiger partial charge in [-0.15, -0.1) is 11.3 Å². The molecular weight excluding hydrogens is 374 g/mol. The number of rotatable bonds is 9. The number of carbonyl (C=O) groups excluding carboxylic acids is 1. The topological polar surface area (TPSA) is 89.0 Å². The van der Waals surface area contributed by atoms with Crippen molar-refractivity contribution in [2.45, 2.75) is 32.7 Å². The number of hydrogen-bond donors (Lipinski definition) is 2. The molecule has 0 aliphatic carbocycles. The summed E-state index contributed by atoms with van der Waals surface area (Å²) in [5, 5.41) is 6.24. The summed E-state index contributed by atoms with van der Waals surface area (Å²) in [6.07, 6.45) is 5.31. The van der Waals surface area contributed by atoms with Gasteiger partial charge < -0.3 is 15.4 Å². The van der Waals surface area contributed by atoms with E-state index < -0.39 is 0 Å². The lowest BCUT2D eigenvalue weighted by Crippen LogP contribution is -2.26. The predicted octanol–water partition coefficient (Wildman–Crippen LogP) is 3.72. The lowest BCUT2D eigenvalue weighted by atomic mass is 10.1. The fourth-order valence-electron chi connectivity index (χ4n) is 2.83. The van der Waals surface area contributed by atoms with E-state index in [-0.39, 0.29) is 11.9 Å². The SMILES string of the molecule is COCCCCNC(=O)c1nc(N[C@@H](C)c2cccnc2)nc2cc(C)sc12. The van der Waals surface area contributed by atoms with Crippen molar-refractivity contribution < 1.29 is 9.53 Å². The second-order valence-corrected chi connectivity index (χ2v) is 7.83. The number of nitrogens with one attached hydrogen (secondary N) is 2. The molecule has 1 atom stereocenters. The van der Waals surface area contributed by atoms with Gasteiger partial charge in [-0.2, -0.15) is 0 Å². The van der Waals surface area contributed by atoms with Crippen molar-refractivity contribution in [3.8, 4) is 0 Å². The molecule has 0 saturated carbocycles. The van der Waals surface area contributed by atoms with Gasteiger partial charge >= 0.3 is 0 Å². The molecule has 0 aromatic carbocycles. The molecule has 0 fully saturated rings. The second-order valence-electron chi connectivity index (χ2n) is 6.58. The summed E-state index contributed by atoms with van der Waals surface area (Å²) in [5.74, 6) is 0.259. The average Bonchev–Trinajstić information content (AvgIpc) is 3.07. The molecule has 28 heavy (non-hydrogen) atoms. The standard InChI is InChI=1S/C20H25N5O2S/c1-13-11-16-18(28-13)17(19(26)22-9-4-5-10-27-3)25-20(24-16)23-14(2)15-7-6-8-21-12-15/h6-8,11-12,14H,4-5,9-10H2,1-3H3,(H,22,26)(H,23,24,25)/t14-/m0/s1. The summed E-state index contributed by atoms with van der Waals surface area (Å²) in [6, 6.07) is 5.83. The number of amides is 1. The number of hydrogen-bond acceptors (Lipinski definition) is 7. The number of unbranched alkanes of at least 4 members (excludes halogenated alkanes) is 1. The lowest BCUT2D eigenvalue weighted by Gasteiger charge is -2.14. The molecule has 0 saturated heterocycles. The Morgan fingerprint density at radius 2 is 2.18 bits per heavy atom. The van der Waals surface area contributed by atoms with Crippen LogP contribution in [0.2, 0.25) is 0 Å². The van der Waals surface area contributed by atoms with Crippen LogP contribution >= 0.6 is 11.3 Å². The third-order valence-electron chi connectivity index (χ3n) is 4.30. The molecule has 3 heterocycles. The van der Waals surface area contributed by atoms with Crippen molar-refractivity contribution >= 4 is 33.4 Å². The molecule has 0 aliphatic rings. The molecule has 8 heteroatoms. The summed E-state index contributed by atoms with van der Waals surface area (Å²) in [4.78, 5) is 27.1. The van der Waals surface area contributed by atoms with Gasteiger partial charge in [-0.3, -0.25) is 9.78 Å². The van der Waals surface area contributed by atoms with E-state index in [9.17, 15) is 4.79 Å². The zero-order chi connectivity index (χ0) is 19.9. The maximum Gasteiger partial charge on any atom is 0.271 e. The van der Waals surface area contributed by atoms with Crippen molar-refractivity contribution in [1.82, 2.24) is 20.3 Å². The normalized spacial score (nSPS) is 12.1. The van der Waals surface area contributed by atoms with Crippen LogP contribution < -0.4 is 10.6 Å². The Bertz CT molecular complexity index is 929. The second kappa shape index (κ2) is 9.57. The molecule has 0 unspecified atom stereocenters. The number of fused-ring (bicyclic) bond motifs is 1. The van der Waals surface area contributed by atoms with Gasteiger partial charge in [0.1, 0.15) is 0 Å². The molecule has 0 bridgehead atoms. The summed E-state index contributed by atoms with van der Waals surface area (Å²) < 4.78 is 5.85. The van der Waals surface area contributed by atoms with Crippen LogP contribution in [0.4, 0.5) is 5.95 Å². The highest BCUT2D eigenvalue weighted by molar-refractivity contribution is 7.19. The van der Waals surface area contributed by atoms with Gasteiger partial charge in [0.15, 0.2) is 5.69 Å². The van der Waals surface area contributed by atoms with Crippen LogP contribution in [0.1, 0.15) is 46.7 Å². The first kappa shape index (κ1) is 20.2. The Morgan fingerprint density at radius 1 is 1.32 bits per heavy atom. The number of pyridine rings is 1. The number of aromatic nitrogens is 3. The summed E-state index contributed by atoms with van der Waals surface area (Å²) in [7, 11) is 1.68. The van der Waals surface area contributed by atoms with Crippen LogP contribution in [0.3, 0.4) is 0 Å². The van der Waals surface area contributed by atoms with Crippen LogP contribution in [0.5, 0.6) is 0 Å². The van der Waals surface area contributed by atoms with Crippen molar-refractivity contribution in [2.75, 3.05) is 25.6 Å². The molecule has 7 nitrogen and oxygen atoms in total. The average molecular weight is 400 g/mol. The zero-order valence-electron chi connectivity index (χ0n) is 16.4. The monoisotopic (exact) mass is 399 g/mol. The van der Waals surface area contributed by atoms with E-state index in [1.165, 1.54) is 11.3 Å². The highest BCUT2D eigenvalue weighted by atomic mass is 32.1. The first-order chi connectivity index (χ1) is 13.6. The minimum atomic E-state index is -0.177. The van der Waals surface area contributed by atoms with Gasteiger partial charge in [0.05, 0.1) is 16.3 Å². The van der Waals surface area contributed by atoms with Gasteiger partial charge in [-0.25, -0.2) is 9.97 Å². The van der Waals surface area contributed by atoms with E-state index >= 15 is 0 Å². The quantitative estimate of drug-likeness (QED) is 0.533. The Balaban J connectivity index is 1.80. The molecule has 1 amide bonds. The minimum Gasteiger partial charge on any atom is -0.385 e. The minimum absolute atomic E-state index is 0.0316. The maximum atomic E-state index is 12.7. The first-order valence-corrected chi connectivity index (χ1v) is 10.1. The number of aryl methyl sites for hydroxylation is 1. The van der Waals surface area contributed by atoms with E-state index in [0.717, 1.165) is 33.5 Å². The maximum absolute atomic E-state index is 12.7. The number of methoxy groups -OCH3 is 1. The van der Waals surface area contributed by atoms with E-state index in [2.05, 4.69) is 25.6 Å². The summed E-state index contributed by atoms with van der Waals surface area (Å²) in [6.45, 7) is 5.30. The van der Waals surface area contributed by atoms with E-state index in [0.29, 0.717) is 24.8 Å². The van der Waals surface area contributed by atoms with E-state index in [1.807, 2.05) is 32.0 Å².